The smallest absolute Gasteiger partial charge is 0.306 e. The summed E-state index contributed by atoms with van der Waals surface area (Å²) in [5.41, 5.74) is 0.306. The normalized spacial score (nSPS) is 36.8. The maximum atomic E-state index is 12.8. The van der Waals surface area contributed by atoms with Crippen molar-refractivity contribution in [2.75, 3.05) is 7.11 Å². The van der Waals surface area contributed by atoms with Crippen molar-refractivity contribution in [1.29, 1.82) is 0 Å². The van der Waals surface area contributed by atoms with Gasteiger partial charge in [0.2, 0.25) is 0 Å². The lowest BCUT2D eigenvalue weighted by molar-refractivity contribution is -0.150. The van der Waals surface area contributed by atoms with E-state index < -0.39 is 17.8 Å². The topological polar surface area (TPSA) is 68.3 Å². The summed E-state index contributed by atoms with van der Waals surface area (Å²) >= 11 is 0. The highest BCUT2D eigenvalue weighted by Crippen LogP contribution is 2.41. The number of carbonyl (C=O) groups is 1. The van der Waals surface area contributed by atoms with Crippen LogP contribution in [0.2, 0.25) is 0 Å². The van der Waals surface area contributed by atoms with Crippen LogP contribution in [0.4, 0.5) is 0 Å². The van der Waals surface area contributed by atoms with Gasteiger partial charge in [-0.2, -0.15) is 0 Å². The second-order valence-corrected chi connectivity index (χ2v) is 12.8. The number of methoxy groups -OCH3 is 1. The number of epoxide rings is 1. The van der Waals surface area contributed by atoms with E-state index in [2.05, 4.69) is 59.8 Å². The molecule has 1 N–H and O–H groups in total. The van der Waals surface area contributed by atoms with Crippen molar-refractivity contribution in [3.8, 4) is 0 Å². The van der Waals surface area contributed by atoms with Gasteiger partial charge < -0.3 is 19.3 Å². The molecule has 2 heterocycles. The number of esters is 1. The van der Waals surface area contributed by atoms with Crippen molar-refractivity contribution in [3.63, 3.8) is 0 Å². The third kappa shape index (κ3) is 9.37. The van der Waals surface area contributed by atoms with E-state index >= 15 is 0 Å². The number of hydrogen-bond acceptors (Lipinski definition) is 5. The highest BCUT2D eigenvalue weighted by Gasteiger charge is 2.46. The number of cyclic esters (lactones) is 1. The zero-order valence-corrected chi connectivity index (χ0v) is 25.1. The van der Waals surface area contributed by atoms with Gasteiger partial charge in [-0.1, -0.05) is 85.3 Å². The summed E-state index contributed by atoms with van der Waals surface area (Å²) in [7, 11) is 1.64. The van der Waals surface area contributed by atoms with Crippen LogP contribution in [0.1, 0.15) is 94.4 Å². The van der Waals surface area contributed by atoms with Gasteiger partial charge >= 0.3 is 5.97 Å². The fraction of sp³-hybridized carbons (Fsp3) is 0.781. The summed E-state index contributed by atoms with van der Waals surface area (Å²) < 4.78 is 17.7. The van der Waals surface area contributed by atoms with E-state index in [0.29, 0.717) is 36.9 Å². The van der Waals surface area contributed by atoms with E-state index in [9.17, 15) is 9.90 Å². The van der Waals surface area contributed by atoms with Gasteiger partial charge in [0.15, 0.2) is 0 Å². The SMILES string of the molecule is CCC(C)C(C)C1OC1CC(C)(C)/C=C/C=C(\C)C1OC(=O)CC(C)CCC(C)(OC)C(O)/C=C/C1C. The zero-order chi connectivity index (χ0) is 28.0. The number of aliphatic hydroxyl groups excluding tert-OH is 1. The molecule has 1 fully saturated rings. The minimum atomic E-state index is -0.732. The van der Waals surface area contributed by atoms with E-state index in [0.717, 1.165) is 18.4 Å². The van der Waals surface area contributed by atoms with Gasteiger partial charge in [-0.3, -0.25) is 4.79 Å². The Morgan fingerprint density at radius 3 is 2.59 bits per heavy atom. The summed E-state index contributed by atoms with van der Waals surface area (Å²) in [6.45, 7) is 19.4. The summed E-state index contributed by atoms with van der Waals surface area (Å²) in [4.78, 5) is 12.8. The zero-order valence-electron chi connectivity index (χ0n) is 25.1. The van der Waals surface area contributed by atoms with Gasteiger partial charge in [0, 0.05) is 19.4 Å². The molecule has 5 nitrogen and oxygen atoms in total. The first kappa shape index (κ1) is 31.8. The molecule has 0 aromatic heterocycles. The highest BCUT2D eigenvalue weighted by molar-refractivity contribution is 5.70. The second kappa shape index (κ2) is 13.6. The molecule has 9 atom stereocenters. The molecule has 1 saturated heterocycles. The van der Waals surface area contributed by atoms with Crippen molar-refractivity contribution in [2.45, 2.75) is 124 Å². The average molecular weight is 519 g/mol. The molecule has 0 saturated carbocycles. The van der Waals surface area contributed by atoms with Crippen LogP contribution in [0.25, 0.3) is 0 Å². The molecule has 5 heteroatoms. The number of hydrogen-bond donors (Lipinski definition) is 1. The average Bonchev–Trinajstić information content (AvgIpc) is 3.60. The van der Waals surface area contributed by atoms with Crippen LogP contribution in [0, 0.1) is 29.1 Å². The van der Waals surface area contributed by atoms with Gasteiger partial charge in [-0.25, -0.2) is 0 Å². The molecule has 0 bridgehead atoms. The fourth-order valence-electron chi connectivity index (χ4n) is 5.30. The Hall–Kier alpha value is -1.43. The third-order valence-corrected chi connectivity index (χ3v) is 8.84. The summed E-state index contributed by atoms with van der Waals surface area (Å²) in [6, 6.07) is 0. The van der Waals surface area contributed by atoms with Crippen molar-refractivity contribution >= 4 is 5.97 Å². The van der Waals surface area contributed by atoms with Gasteiger partial charge in [0.25, 0.3) is 0 Å². The lowest BCUT2D eigenvalue weighted by Crippen LogP contribution is -2.41. The Bertz CT molecular complexity index is 827. The van der Waals surface area contributed by atoms with Crippen molar-refractivity contribution in [1.82, 2.24) is 0 Å². The molecule has 0 aromatic carbocycles. The molecule has 9 unspecified atom stereocenters. The van der Waals surface area contributed by atoms with E-state index in [4.69, 9.17) is 14.2 Å². The van der Waals surface area contributed by atoms with Gasteiger partial charge in [0.05, 0.1) is 17.8 Å². The molecule has 0 amide bonds. The maximum absolute atomic E-state index is 12.8. The van der Waals surface area contributed by atoms with Gasteiger partial charge in [-0.15, -0.1) is 0 Å². The molecule has 2 rings (SSSR count). The Kier molecular flexibility index (Phi) is 11.7. The minimum absolute atomic E-state index is 0.00418. The molecule has 0 radical (unpaired) electrons. The van der Waals surface area contributed by atoms with E-state index in [1.165, 1.54) is 6.42 Å². The first-order valence-corrected chi connectivity index (χ1v) is 14.4. The Balaban J connectivity index is 2.12. The maximum Gasteiger partial charge on any atom is 0.306 e. The van der Waals surface area contributed by atoms with Crippen LogP contribution in [0.15, 0.2) is 36.0 Å². The molecule has 0 aromatic rings. The largest absolute Gasteiger partial charge is 0.457 e. The Morgan fingerprint density at radius 1 is 1.30 bits per heavy atom. The lowest BCUT2D eigenvalue weighted by atomic mass is 9.83. The van der Waals surface area contributed by atoms with E-state index in [1.807, 2.05) is 26.8 Å². The molecule has 37 heavy (non-hydrogen) atoms. The summed E-state index contributed by atoms with van der Waals surface area (Å²) in [5, 5.41) is 10.8. The monoisotopic (exact) mass is 518 g/mol. The van der Waals surface area contributed by atoms with Crippen molar-refractivity contribution in [2.24, 2.45) is 29.1 Å². The van der Waals surface area contributed by atoms with Crippen LogP contribution in [-0.4, -0.2) is 48.2 Å². The second-order valence-electron chi connectivity index (χ2n) is 12.8. The molecular formula is C32H54O5. The number of allylic oxidation sites excluding steroid dienone is 3. The quantitative estimate of drug-likeness (QED) is 0.153. The first-order chi connectivity index (χ1) is 17.2. The van der Waals surface area contributed by atoms with Crippen LogP contribution in [0.3, 0.4) is 0 Å². The standard InChI is InChI=1S/C32H54O5/c1-11-22(3)25(6)30-26(36-30)20-31(7,8)17-12-13-23(4)29-24(5)14-15-27(33)32(9,35-10)18-16-21(2)19-28(34)37-29/h12-15,17,21-22,24-27,29-30,33H,11,16,18-20H2,1-10H3/b15-14+,17-12+,23-13+. The lowest BCUT2D eigenvalue weighted by Gasteiger charge is -2.33. The minimum Gasteiger partial charge on any atom is -0.457 e. The predicted molar refractivity (Wildman–Crippen MR) is 151 cm³/mol. The Labute approximate surface area is 226 Å². The number of rotatable bonds is 9. The molecular weight excluding hydrogens is 464 g/mol. The van der Waals surface area contributed by atoms with Crippen LogP contribution in [0.5, 0.6) is 0 Å². The van der Waals surface area contributed by atoms with Crippen LogP contribution in [-0.2, 0) is 19.0 Å². The number of carbonyl (C=O) groups excluding carboxylic acids is 1. The molecule has 2 aliphatic heterocycles. The predicted octanol–water partition coefficient (Wildman–Crippen LogP) is 7.04. The summed E-state index contributed by atoms with van der Waals surface area (Å²) in [5.74, 6) is 1.15. The fourth-order valence-corrected chi connectivity index (χ4v) is 5.30. The number of aliphatic hydroxyl groups is 1. The molecule has 0 aliphatic carbocycles. The van der Waals surface area contributed by atoms with Gasteiger partial charge in [-0.05, 0) is 61.9 Å². The molecule has 2 aliphatic rings. The number of ether oxygens (including phenoxy) is 3. The Morgan fingerprint density at radius 2 is 1.97 bits per heavy atom. The van der Waals surface area contributed by atoms with Crippen molar-refractivity contribution in [3.05, 3.63) is 36.0 Å². The van der Waals surface area contributed by atoms with E-state index in [-0.39, 0.29) is 23.2 Å². The first-order valence-electron chi connectivity index (χ1n) is 14.4. The third-order valence-electron chi connectivity index (χ3n) is 8.84. The molecule has 0 spiro atoms. The van der Waals surface area contributed by atoms with E-state index in [1.54, 1.807) is 13.2 Å². The van der Waals surface area contributed by atoms with Crippen LogP contribution < -0.4 is 0 Å². The van der Waals surface area contributed by atoms with Crippen LogP contribution >= 0.6 is 0 Å². The molecule has 212 valence electrons. The highest BCUT2D eigenvalue weighted by atomic mass is 16.6. The van der Waals surface area contributed by atoms with Gasteiger partial charge in [0.1, 0.15) is 12.2 Å². The summed E-state index contributed by atoms with van der Waals surface area (Å²) in [6.07, 6.45) is 13.7. The van der Waals surface area contributed by atoms with Crippen molar-refractivity contribution < 1.29 is 24.1 Å².